The van der Waals surface area contributed by atoms with Gasteiger partial charge in [0.1, 0.15) is 5.82 Å². The predicted octanol–water partition coefficient (Wildman–Crippen LogP) is 2.14. The number of aliphatic hydroxyl groups is 1. The van der Waals surface area contributed by atoms with Gasteiger partial charge in [-0.05, 0) is 30.9 Å². The molecule has 2 N–H and O–H groups in total. The number of hydrogen-bond donors (Lipinski definition) is 2. The number of aromatic carboxylic acids is 1. The second-order valence-corrected chi connectivity index (χ2v) is 5.72. The highest BCUT2D eigenvalue weighted by atomic mass is 16.4. The smallest absolute Gasteiger partial charge is 0.336 e. The van der Waals surface area contributed by atoms with E-state index in [4.69, 9.17) is 0 Å². The van der Waals surface area contributed by atoms with Crippen molar-refractivity contribution >= 4 is 22.7 Å². The number of aromatic nitrogens is 1. The van der Waals surface area contributed by atoms with Gasteiger partial charge in [0.2, 0.25) is 0 Å². The Kier molecular flexibility index (Phi) is 3.51. The van der Waals surface area contributed by atoms with Crippen molar-refractivity contribution in [3.05, 3.63) is 35.9 Å². The molecule has 2 aromatic rings. The fraction of sp³-hybridized carbons (Fsp3) is 0.375. The predicted molar refractivity (Wildman–Crippen MR) is 80.7 cm³/mol. The van der Waals surface area contributed by atoms with Gasteiger partial charge in [0, 0.05) is 19.0 Å². The minimum Gasteiger partial charge on any atom is -0.478 e. The van der Waals surface area contributed by atoms with Crippen LogP contribution in [0.1, 0.15) is 23.2 Å². The third kappa shape index (κ3) is 2.69. The Balaban J connectivity index is 1.93. The van der Waals surface area contributed by atoms with Gasteiger partial charge in [0.15, 0.2) is 0 Å². The molecule has 5 heteroatoms. The SMILES string of the molecule is CN(CC1CC(O)C1)c1cc(C(=O)O)c2ccccc2n1. The summed E-state index contributed by atoms with van der Waals surface area (Å²) in [5.74, 6) is 0.168. The van der Waals surface area contributed by atoms with E-state index < -0.39 is 5.97 Å². The summed E-state index contributed by atoms with van der Waals surface area (Å²) < 4.78 is 0. The number of pyridine rings is 1. The first-order chi connectivity index (χ1) is 10.0. The number of fused-ring (bicyclic) bond motifs is 1. The van der Waals surface area contributed by atoms with Crippen molar-refractivity contribution in [2.45, 2.75) is 18.9 Å². The van der Waals surface area contributed by atoms with Gasteiger partial charge >= 0.3 is 5.97 Å². The molecular formula is C16H18N2O3. The number of para-hydroxylation sites is 1. The highest BCUT2D eigenvalue weighted by molar-refractivity contribution is 6.03. The molecule has 1 fully saturated rings. The van der Waals surface area contributed by atoms with Crippen molar-refractivity contribution in [1.29, 1.82) is 0 Å². The number of benzene rings is 1. The Morgan fingerprint density at radius 3 is 2.76 bits per heavy atom. The Morgan fingerprint density at radius 1 is 1.38 bits per heavy atom. The lowest BCUT2D eigenvalue weighted by molar-refractivity contribution is 0.0464. The van der Waals surface area contributed by atoms with Crippen LogP contribution in [0.15, 0.2) is 30.3 Å². The molecule has 0 bridgehead atoms. The van der Waals surface area contributed by atoms with E-state index in [1.807, 2.05) is 30.1 Å². The summed E-state index contributed by atoms with van der Waals surface area (Å²) in [4.78, 5) is 18.0. The number of nitrogens with zero attached hydrogens (tertiary/aromatic N) is 2. The van der Waals surface area contributed by atoms with Gasteiger partial charge in [-0.2, -0.15) is 0 Å². The minimum atomic E-state index is -0.942. The van der Waals surface area contributed by atoms with Crippen molar-refractivity contribution in [3.63, 3.8) is 0 Å². The molecule has 3 rings (SSSR count). The number of aliphatic hydroxyl groups excluding tert-OH is 1. The van der Waals surface area contributed by atoms with Crippen LogP contribution in [0.2, 0.25) is 0 Å². The zero-order valence-corrected chi connectivity index (χ0v) is 11.9. The Labute approximate surface area is 122 Å². The van der Waals surface area contributed by atoms with Crippen molar-refractivity contribution in [1.82, 2.24) is 4.98 Å². The lowest BCUT2D eigenvalue weighted by Crippen LogP contribution is -2.37. The molecule has 1 aromatic carbocycles. The van der Waals surface area contributed by atoms with Crippen molar-refractivity contribution in [2.75, 3.05) is 18.5 Å². The van der Waals surface area contributed by atoms with E-state index in [-0.39, 0.29) is 11.7 Å². The molecule has 0 aliphatic heterocycles. The zero-order chi connectivity index (χ0) is 15.0. The molecule has 5 nitrogen and oxygen atoms in total. The van der Waals surface area contributed by atoms with E-state index in [1.165, 1.54) is 0 Å². The summed E-state index contributed by atoms with van der Waals surface area (Å²) in [7, 11) is 1.91. The first-order valence-electron chi connectivity index (χ1n) is 7.07. The van der Waals surface area contributed by atoms with Crippen LogP contribution in [0.4, 0.5) is 5.82 Å². The van der Waals surface area contributed by atoms with E-state index in [9.17, 15) is 15.0 Å². The molecule has 21 heavy (non-hydrogen) atoms. The van der Waals surface area contributed by atoms with E-state index >= 15 is 0 Å². The maximum Gasteiger partial charge on any atom is 0.336 e. The van der Waals surface area contributed by atoms with Crippen LogP contribution >= 0.6 is 0 Å². The third-order valence-corrected chi connectivity index (χ3v) is 4.07. The van der Waals surface area contributed by atoms with E-state index in [1.54, 1.807) is 12.1 Å². The van der Waals surface area contributed by atoms with Gasteiger partial charge in [0.05, 0.1) is 17.2 Å². The molecule has 1 aliphatic carbocycles. The van der Waals surface area contributed by atoms with Crippen molar-refractivity contribution in [3.8, 4) is 0 Å². The maximum absolute atomic E-state index is 11.4. The number of carboxylic acids is 1. The third-order valence-electron chi connectivity index (χ3n) is 4.07. The number of carbonyl (C=O) groups is 1. The standard InChI is InChI=1S/C16H18N2O3/c1-18(9-10-6-11(19)7-10)15-8-13(16(20)21)12-4-2-3-5-14(12)17-15/h2-5,8,10-11,19H,6-7,9H2,1H3,(H,20,21). The number of carboxylic acid groups (broad SMARTS) is 1. The zero-order valence-electron chi connectivity index (χ0n) is 11.9. The number of anilines is 1. The van der Waals surface area contributed by atoms with Gasteiger partial charge in [0.25, 0.3) is 0 Å². The van der Waals surface area contributed by atoms with Crippen LogP contribution in [0.25, 0.3) is 10.9 Å². The average molecular weight is 286 g/mol. The molecule has 0 unspecified atom stereocenters. The first-order valence-corrected chi connectivity index (χ1v) is 7.07. The van der Waals surface area contributed by atoms with Crippen LogP contribution in [0.3, 0.4) is 0 Å². The molecular weight excluding hydrogens is 268 g/mol. The van der Waals surface area contributed by atoms with Crippen LogP contribution in [0.5, 0.6) is 0 Å². The molecule has 0 saturated heterocycles. The maximum atomic E-state index is 11.4. The molecule has 1 aromatic heterocycles. The second kappa shape index (κ2) is 5.33. The monoisotopic (exact) mass is 286 g/mol. The van der Waals surface area contributed by atoms with Crippen LogP contribution in [0, 0.1) is 5.92 Å². The van der Waals surface area contributed by atoms with Gasteiger partial charge in [-0.15, -0.1) is 0 Å². The molecule has 0 amide bonds. The second-order valence-electron chi connectivity index (χ2n) is 5.72. The summed E-state index contributed by atoms with van der Waals surface area (Å²) in [6, 6.07) is 8.90. The van der Waals surface area contributed by atoms with Gasteiger partial charge in [-0.3, -0.25) is 0 Å². The van der Waals surface area contributed by atoms with Gasteiger partial charge < -0.3 is 15.1 Å². The van der Waals surface area contributed by atoms with E-state index in [0.717, 1.165) is 19.4 Å². The Morgan fingerprint density at radius 2 is 2.10 bits per heavy atom. The summed E-state index contributed by atoms with van der Waals surface area (Å²) in [6.45, 7) is 0.779. The van der Waals surface area contributed by atoms with Crippen LogP contribution < -0.4 is 4.90 Å². The molecule has 0 atom stereocenters. The summed E-state index contributed by atoms with van der Waals surface area (Å²) >= 11 is 0. The van der Waals surface area contributed by atoms with Crippen molar-refractivity contribution in [2.24, 2.45) is 5.92 Å². The van der Waals surface area contributed by atoms with Gasteiger partial charge in [-0.25, -0.2) is 9.78 Å². The lowest BCUT2D eigenvalue weighted by Gasteiger charge is -2.34. The fourth-order valence-corrected chi connectivity index (χ4v) is 2.86. The quantitative estimate of drug-likeness (QED) is 0.900. The summed E-state index contributed by atoms with van der Waals surface area (Å²) in [6.07, 6.45) is 1.44. The Hall–Kier alpha value is -2.14. The van der Waals surface area contributed by atoms with Gasteiger partial charge in [-0.1, -0.05) is 18.2 Å². The fourth-order valence-electron chi connectivity index (χ4n) is 2.86. The Bertz CT molecular complexity index is 680. The molecule has 1 heterocycles. The molecule has 1 aliphatic rings. The first kappa shape index (κ1) is 13.8. The largest absolute Gasteiger partial charge is 0.478 e. The normalized spacial score (nSPS) is 21.0. The minimum absolute atomic E-state index is 0.178. The summed E-state index contributed by atoms with van der Waals surface area (Å²) in [5, 5.41) is 19.4. The topological polar surface area (TPSA) is 73.7 Å². The summed E-state index contributed by atoms with van der Waals surface area (Å²) in [5.41, 5.74) is 0.962. The highest BCUT2D eigenvalue weighted by Gasteiger charge is 2.28. The lowest BCUT2D eigenvalue weighted by atomic mass is 9.82. The highest BCUT2D eigenvalue weighted by Crippen LogP contribution is 2.29. The van der Waals surface area contributed by atoms with Crippen molar-refractivity contribution < 1.29 is 15.0 Å². The van der Waals surface area contributed by atoms with Crippen LogP contribution in [-0.4, -0.2) is 40.9 Å². The molecule has 1 saturated carbocycles. The average Bonchev–Trinajstić information content (AvgIpc) is 2.44. The molecule has 0 spiro atoms. The number of rotatable bonds is 4. The van der Waals surface area contributed by atoms with E-state index in [0.29, 0.717) is 22.6 Å². The van der Waals surface area contributed by atoms with E-state index in [2.05, 4.69) is 4.98 Å². The van der Waals surface area contributed by atoms with Crippen LogP contribution in [-0.2, 0) is 0 Å². The molecule has 0 radical (unpaired) electrons. The molecule has 110 valence electrons. The number of hydrogen-bond acceptors (Lipinski definition) is 4.